The third-order valence-corrected chi connectivity index (χ3v) is 6.28. The van der Waals surface area contributed by atoms with Gasteiger partial charge >= 0.3 is 15.6 Å². The largest absolute Gasteiger partial charge is 0.534 e. The van der Waals surface area contributed by atoms with Crippen molar-refractivity contribution in [1.29, 1.82) is 0 Å². The highest BCUT2D eigenvalue weighted by Gasteiger charge is 2.49. The number of alkyl halides is 3. The molecule has 2 atom stereocenters. The lowest BCUT2D eigenvalue weighted by Crippen LogP contribution is -2.25. The van der Waals surface area contributed by atoms with E-state index in [9.17, 15) is 21.6 Å². The van der Waals surface area contributed by atoms with Crippen LogP contribution in [0.4, 0.5) is 13.2 Å². The molecule has 1 fully saturated rings. The van der Waals surface area contributed by atoms with E-state index in [1.54, 1.807) is 0 Å². The third-order valence-electron chi connectivity index (χ3n) is 5.24. The van der Waals surface area contributed by atoms with Crippen LogP contribution >= 0.6 is 0 Å². The van der Waals surface area contributed by atoms with E-state index >= 15 is 0 Å². The zero-order valence-electron chi connectivity index (χ0n) is 16.5. The van der Waals surface area contributed by atoms with Gasteiger partial charge in [0.1, 0.15) is 11.9 Å². The van der Waals surface area contributed by atoms with E-state index in [1.165, 1.54) is 6.92 Å². The summed E-state index contributed by atoms with van der Waals surface area (Å²) in [5, 5.41) is 1.94. The lowest BCUT2D eigenvalue weighted by atomic mass is 9.96. The predicted octanol–water partition coefficient (Wildman–Crippen LogP) is 6.18. The minimum absolute atomic E-state index is 0.209. The summed E-state index contributed by atoms with van der Waals surface area (Å²) < 4.78 is 72.3. The molecule has 162 valence electrons. The lowest BCUT2D eigenvalue weighted by molar-refractivity contribution is -0.0522. The average Bonchev–Trinajstić information content (AvgIpc) is 3.19. The second-order valence-electron chi connectivity index (χ2n) is 7.29. The van der Waals surface area contributed by atoms with E-state index < -0.39 is 27.8 Å². The zero-order valence-corrected chi connectivity index (χ0v) is 17.3. The standard InChI is InChI=1S/C23H19F3O4S/c1-15(30-31(27,28)23(24,25)26)20-14-21(17-8-3-2-4-9-17)29-22(20)19-12-11-16-7-5-6-10-18(16)13-19/h2-13,21-22H,14H2,1H3/b20-15+/t21-,22-/m0/s1. The fourth-order valence-corrected chi connectivity index (χ4v) is 4.24. The minimum Gasteiger partial charge on any atom is -0.381 e. The molecule has 0 amide bonds. The molecule has 0 bridgehead atoms. The third kappa shape index (κ3) is 4.31. The Balaban J connectivity index is 1.77. The molecule has 0 radical (unpaired) electrons. The van der Waals surface area contributed by atoms with Crippen LogP contribution in [0.2, 0.25) is 0 Å². The molecular formula is C23H19F3O4S. The van der Waals surface area contributed by atoms with Crippen molar-refractivity contribution in [3.8, 4) is 0 Å². The van der Waals surface area contributed by atoms with Crippen LogP contribution in [0.3, 0.4) is 0 Å². The summed E-state index contributed by atoms with van der Waals surface area (Å²) in [6.07, 6.45) is -0.973. The van der Waals surface area contributed by atoms with Crippen molar-refractivity contribution in [1.82, 2.24) is 0 Å². The maximum absolute atomic E-state index is 12.9. The van der Waals surface area contributed by atoms with Gasteiger partial charge in [-0.15, -0.1) is 0 Å². The highest BCUT2D eigenvalue weighted by atomic mass is 32.2. The van der Waals surface area contributed by atoms with Crippen LogP contribution in [0.5, 0.6) is 0 Å². The van der Waals surface area contributed by atoms with E-state index in [1.807, 2.05) is 72.8 Å². The van der Waals surface area contributed by atoms with E-state index in [2.05, 4.69) is 4.18 Å². The fourth-order valence-electron chi connectivity index (χ4n) is 3.71. The Labute approximate surface area is 178 Å². The molecule has 0 N–H and O–H groups in total. The van der Waals surface area contributed by atoms with Crippen LogP contribution in [-0.2, 0) is 19.0 Å². The first-order valence-electron chi connectivity index (χ1n) is 9.55. The van der Waals surface area contributed by atoms with Gasteiger partial charge in [0.25, 0.3) is 0 Å². The van der Waals surface area contributed by atoms with E-state index in [-0.39, 0.29) is 12.2 Å². The predicted molar refractivity (Wildman–Crippen MR) is 110 cm³/mol. The highest BCUT2D eigenvalue weighted by Crippen LogP contribution is 2.47. The summed E-state index contributed by atoms with van der Waals surface area (Å²) in [6.45, 7) is 1.23. The first-order chi connectivity index (χ1) is 14.7. The van der Waals surface area contributed by atoms with Gasteiger partial charge in [0.2, 0.25) is 0 Å². The normalized spacial score (nSPS) is 21.3. The van der Waals surface area contributed by atoms with Gasteiger partial charge in [-0.1, -0.05) is 66.7 Å². The van der Waals surface area contributed by atoms with Gasteiger partial charge in [0, 0.05) is 12.0 Å². The molecule has 31 heavy (non-hydrogen) atoms. The molecule has 3 aromatic carbocycles. The van der Waals surface area contributed by atoms with Gasteiger partial charge in [-0.2, -0.15) is 21.6 Å². The minimum atomic E-state index is -5.77. The summed E-state index contributed by atoms with van der Waals surface area (Å²) in [5.41, 5.74) is -3.60. The van der Waals surface area contributed by atoms with Crippen LogP contribution in [0.15, 0.2) is 84.1 Å². The number of benzene rings is 3. The second-order valence-corrected chi connectivity index (χ2v) is 8.83. The summed E-state index contributed by atoms with van der Waals surface area (Å²) in [7, 11) is -5.77. The van der Waals surface area contributed by atoms with Gasteiger partial charge in [-0.05, 0) is 34.9 Å². The number of allylic oxidation sites excluding steroid dienone is 1. The Kier molecular flexibility index (Phi) is 5.53. The van der Waals surface area contributed by atoms with Gasteiger partial charge in [0.05, 0.1) is 6.10 Å². The number of halogens is 3. The van der Waals surface area contributed by atoms with Crippen LogP contribution in [0, 0.1) is 0 Å². The second kappa shape index (κ2) is 8.01. The molecule has 1 aliphatic rings. The number of hydrogen-bond acceptors (Lipinski definition) is 4. The van der Waals surface area contributed by atoms with Crippen LogP contribution < -0.4 is 0 Å². The SMILES string of the molecule is C/C(OS(=O)(=O)C(F)(F)F)=C1/C[C@@H](c2ccccc2)O[C@H]1c1ccc2ccccc2c1. The number of rotatable bonds is 4. The molecule has 3 aromatic rings. The fraction of sp³-hybridized carbons (Fsp3) is 0.217. The lowest BCUT2D eigenvalue weighted by Gasteiger charge is -2.17. The maximum Gasteiger partial charge on any atom is 0.534 e. The highest BCUT2D eigenvalue weighted by molar-refractivity contribution is 7.87. The Morgan fingerprint density at radius 3 is 2.26 bits per heavy atom. The molecule has 0 unspecified atom stereocenters. The number of fused-ring (bicyclic) bond motifs is 1. The molecule has 4 nitrogen and oxygen atoms in total. The quantitative estimate of drug-likeness (QED) is 0.272. The Hall–Kier alpha value is -2.84. The van der Waals surface area contributed by atoms with Crippen molar-refractivity contribution in [2.75, 3.05) is 0 Å². The smallest absolute Gasteiger partial charge is 0.381 e. The van der Waals surface area contributed by atoms with Crippen molar-refractivity contribution in [3.05, 3.63) is 95.3 Å². The van der Waals surface area contributed by atoms with Crippen LogP contribution in [0.25, 0.3) is 10.8 Å². The molecule has 0 saturated carbocycles. The summed E-state index contributed by atoms with van der Waals surface area (Å²) >= 11 is 0. The molecule has 8 heteroatoms. The Bertz CT molecular complexity index is 1230. The van der Waals surface area contributed by atoms with Crippen molar-refractivity contribution < 1.29 is 30.5 Å². The molecular weight excluding hydrogens is 429 g/mol. The van der Waals surface area contributed by atoms with Crippen LogP contribution in [0.1, 0.15) is 36.7 Å². The van der Waals surface area contributed by atoms with Crippen molar-refractivity contribution in [2.45, 2.75) is 31.1 Å². The molecule has 0 aromatic heterocycles. The van der Waals surface area contributed by atoms with E-state index in [4.69, 9.17) is 4.74 Å². The van der Waals surface area contributed by atoms with Crippen molar-refractivity contribution in [3.63, 3.8) is 0 Å². The van der Waals surface area contributed by atoms with Gasteiger partial charge < -0.3 is 8.92 Å². The monoisotopic (exact) mass is 448 g/mol. The van der Waals surface area contributed by atoms with Crippen molar-refractivity contribution >= 4 is 20.9 Å². The number of ether oxygens (including phenoxy) is 1. The summed E-state index contributed by atoms with van der Waals surface area (Å²) in [4.78, 5) is 0. The molecule has 0 spiro atoms. The topological polar surface area (TPSA) is 52.6 Å². The van der Waals surface area contributed by atoms with Crippen LogP contribution in [-0.4, -0.2) is 13.9 Å². The van der Waals surface area contributed by atoms with Crippen molar-refractivity contribution in [2.24, 2.45) is 0 Å². The number of hydrogen-bond donors (Lipinski definition) is 0. The molecule has 0 aliphatic carbocycles. The average molecular weight is 448 g/mol. The summed E-state index contributed by atoms with van der Waals surface area (Å²) in [5.74, 6) is -0.325. The molecule has 4 rings (SSSR count). The zero-order chi connectivity index (χ0) is 22.2. The Morgan fingerprint density at radius 2 is 1.58 bits per heavy atom. The van der Waals surface area contributed by atoms with Gasteiger partial charge in [-0.25, -0.2) is 0 Å². The first kappa shape index (κ1) is 21.4. The Morgan fingerprint density at radius 1 is 0.935 bits per heavy atom. The van der Waals surface area contributed by atoms with E-state index in [0.29, 0.717) is 11.1 Å². The molecule has 1 aliphatic heterocycles. The van der Waals surface area contributed by atoms with Gasteiger partial charge in [-0.3, -0.25) is 0 Å². The first-order valence-corrected chi connectivity index (χ1v) is 11.0. The molecule has 1 heterocycles. The van der Waals surface area contributed by atoms with E-state index in [0.717, 1.165) is 16.3 Å². The van der Waals surface area contributed by atoms with Gasteiger partial charge in [0.15, 0.2) is 0 Å². The molecule has 1 saturated heterocycles. The summed E-state index contributed by atoms with van der Waals surface area (Å²) in [6, 6.07) is 22.5. The maximum atomic E-state index is 12.9.